The Balaban J connectivity index is 2.55. The first kappa shape index (κ1) is 12.7. The first-order chi connectivity index (χ1) is 7.37. The highest BCUT2D eigenvalue weighted by Crippen LogP contribution is 2.14. The highest BCUT2D eigenvalue weighted by atomic mass is 16.1. The zero-order valence-electron chi connectivity index (χ0n) is 10.2. The van der Waals surface area contributed by atoms with Gasteiger partial charge in [-0.1, -0.05) is 12.1 Å². The van der Waals surface area contributed by atoms with E-state index in [1.54, 1.807) is 0 Å². The summed E-state index contributed by atoms with van der Waals surface area (Å²) in [6.45, 7) is 5.56. The Kier molecular flexibility index (Phi) is 4.07. The van der Waals surface area contributed by atoms with E-state index in [2.05, 4.69) is 5.32 Å². The van der Waals surface area contributed by atoms with Crippen LogP contribution in [0.1, 0.15) is 32.8 Å². The van der Waals surface area contributed by atoms with Crippen LogP contribution in [0, 0.1) is 0 Å². The van der Waals surface area contributed by atoms with E-state index in [0.717, 1.165) is 18.5 Å². The first-order valence-electron chi connectivity index (χ1n) is 5.52. The monoisotopic (exact) mass is 220 g/mol. The molecule has 0 radical (unpaired) electrons. The van der Waals surface area contributed by atoms with Crippen molar-refractivity contribution in [3.63, 3.8) is 0 Å². The van der Waals surface area contributed by atoms with Gasteiger partial charge < -0.3 is 11.1 Å². The number of hydrogen-bond acceptors (Lipinski definition) is 2. The van der Waals surface area contributed by atoms with Gasteiger partial charge in [-0.05, 0) is 44.4 Å². The van der Waals surface area contributed by atoms with E-state index in [1.807, 2.05) is 38.1 Å². The molecular weight excluding hydrogens is 200 g/mol. The second-order valence-electron chi connectivity index (χ2n) is 4.87. The van der Waals surface area contributed by atoms with Crippen molar-refractivity contribution in [3.05, 3.63) is 29.8 Å². The lowest BCUT2D eigenvalue weighted by molar-refractivity contribution is -0.114. The van der Waals surface area contributed by atoms with E-state index in [0.29, 0.717) is 0 Å². The molecule has 3 N–H and O–H groups in total. The van der Waals surface area contributed by atoms with Gasteiger partial charge in [0.25, 0.3) is 0 Å². The molecule has 0 spiro atoms. The van der Waals surface area contributed by atoms with Gasteiger partial charge in [-0.3, -0.25) is 4.79 Å². The van der Waals surface area contributed by atoms with Gasteiger partial charge in [0.1, 0.15) is 0 Å². The van der Waals surface area contributed by atoms with Crippen LogP contribution in [0.3, 0.4) is 0 Å². The van der Waals surface area contributed by atoms with Crippen molar-refractivity contribution in [2.24, 2.45) is 5.73 Å². The topological polar surface area (TPSA) is 55.1 Å². The first-order valence-corrected chi connectivity index (χ1v) is 5.52. The van der Waals surface area contributed by atoms with E-state index in [9.17, 15) is 4.79 Å². The molecule has 0 aliphatic rings. The van der Waals surface area contributed by atoms with E-state index in [4.69, 9.17) is 5.73 Å². The number of anilines is 1. The second kappa shape index (κ2) is 5.12. The Morgan fingerprint density at radius 1 is 1.31 bits per heavy atom. The quantitative estimate of drug-likeness (QED) is 0.818. The fourth-order valence-electron chi connectivity index (χ4n) is 1.42. The molecule has 0 aliphatic carbocycles. The molecule has 1 amide bonds. The van der Waals surface area contributed by atoms with Gasteiger partial charge in [0.05, 0.1) is 0 Å². The van der Waals surface area contributed by atoms with Crippen molar-refractivity contribution in [2.45, 2.75) is 39.2 Å². The number of nitrogens with one attached hydrogen (secondary N) is 1. The van der Waals surface area contributed by atoms with Crippen LogP contribution in [0.5, 0.6) is 0 Å². The van der Waals surface area contributed by atoms with Crippen molar-refractivity contribution in [1.82, 2.24) is 0 Å². The molecular formula is C13H20N2O. The molecule has 0 aromatic heterocycles. The van der Waals surface area contributed by atoms with E-state index in [-0.39, 0.29) is 11.4 Å². The third kappa shape index (κ3) is 4.94. The summed E-state index contributed by atoms with van der Waals surface area (Å²) < 4.78 is 0. The molecule has 3 heteroatoms. The maximum Gasteiger partial charge on any atom is 0.221 e. The van der Waals surface area contributed by atoms with Crippen molar-refractivity contribution in [3.8, 4) is 0 Å². The Labute approximate surface area is 97.0 Å². The summed E-state index contributed by atoms with van der Waals surface area (Å²) in [5.74, 6) is -0.0455. The smallest absolute Gasteiger partial charge is 0.221 e. The lowest BCUT2D eigenvalue weighted by Crippen LogP contribution is -2.32. The molecule has 1 rings (SSSR count). The molecule has 3 nitrogen and oxygen atoms in total. The molecule has 0 fully saturated rings. The second-order valence-corrected chi connectivity index (χ2v) is 4.87. The SMILES string of the molecule is CC(=O)Nc1ccc(CCC(C)(C)N)cc1. The summed E-state index contributed by atoms with van der Waals surface area (Å²) in [6, 6.07) is 7.88. The van der Waals surface area contributed by atoms with Crippen LogP contribution >= 0.6 is 0 Å². The number of nitrogens with two attached hydrogens (primary N) is 1. The van der Waals surface area contributed by atoms with Crippen LogP contribution in [-0.4, -0.2) is 11.4 Å². The molecule has 0 atom stereocenters. The summed E-state index contributed by atoms with van der Waals surface area (Å²) in [5.41, 5.74) is 7.87. The van der Waals surface area contributed by atoms with Crippen molar-refractivity contribution >= 4 is 11.6 Å². The Bertz CT molecular complexity index is 349. The minimum Gasteiger partial charge on any atom is -0.326 e. The minimum absolute atomic E-state index is 0.0455. The third-order valence-electron chi connectivity index (χ3n) is 2.33. The molecule has 1 aromatic rings. The van der Waals surface area contributed by atoms with Gasteiger partial charge in [0, 0.05) is 18.2 Å². The van der Waals surface area contributed by atoms with Crippen LogP contribution in [0.25, 0.3) is 0 Å². The number of rotatable bonds is 4. The van der Waals surface area contributed by atoms with E-state index < -0.39 is 0 Å². The van der Waals surface area contributed by atoms with Crippen molar-refractivity contribution in [2.75, 3.05) is 5.32 Å². The standard InChI is InChI=1S/C13H20N2O/c1-10(16)15-12-6-4-11(5-7-12)8-9-13(2,3)14/h4-7H,8-9,14H2,1-3H3,(H,15,16). The number of aryl methyl sites for hydroxylation is 1. The number of carbonyl (C=O) groups is 1. The van der Waals surface area contributed by atoms with Crippen LogP contribution in [-0.2, 0) is 11.2 Å². The Morgan fingerprint density at radius 2 is 1.88 bits per heavy atom. The van der Waals surface area contributed by atoms with Gasteiger partial charge in [-0.15, -0.1) is 0 Å². The van der Waals surface area contributed by atoms with Crippen molar-refractivity contribution < 1.29 is 4.79 Å². The average molecular weight is 220 g/mol. The summed E-state index contributed by atoms with van der Waals surface area (Å²) in [5, 5.41) is 2.74. The highest BCUT2D eigenvalue weighted by molar-refractivity contribution is 5.88. The maximum atomic E-state index is 10.8. The Hall–Kier alpha value is -1.35. The highest BCUT2D eigenvalue weighted by Gasteiger charge is 2.10. The fourth-order valence-corrected chi connectivity index (χ4v) is 1.42. The predicted molar refractivity (Wildman–Crippen MR) is 67.3 cm³/mol. The number of amides is 1. The maximum absolute atomic E-state index is 10.8. The predicted octanol–water partition coefficient (Wildman–Crippen LogP) is 2.31. The zero-order chi connectivity index (χ0) is 12.2. The third-order valence-corrected chi connectivity index (χ3v) is 2.33. The van der Waals surface area contributed by atoms with Gasteiger partial charge in [-0.25, -0.2) is 0 Å². The van der Waals surface area contributed by atoms with Gasteiger partial charge in [0.2, 0.25) is 5.91 Å². The lowest BCUT2D eigenvalue weighted by atomic mass is 9.96. The van der Waals surface area contributed by atoms with Gasteiger partial charge >= 0.3 is 0 Å². The van der Waals surface area contributed by atoms with Crippen LogP contribution in [0.2, 0.25) is 0 Å². The molecule has 0 aliphatic heterocycles. The Morgan fingerprint density at radius 3 is 2.31 bits per heavy atom. The lowest BCUT2D eigenvalue weighted by Gasteiger charge is -2.18. The molecule has 1 aromatic carbocycles. The molecule has 0 bridgehead atoms. The summed E-state index contributed by atoms with van der Waals surface area (Å²) in [4.78, 5) is 10.8. The van der Waals surface area contributed by atoms with E-state index in [1.165, 1.54) is 12.5 Å². The van der Waals surface area contributed by atoms with Crippen LogP contribution in [0.15, 0.2) is 24.3 Å². The zero-order valence-corrected chi connectivity index (χ0v) is 10.2. The molecule has 0 saturated heterocycles. The molecule has 0 unspecified atom stereocenters. The van der Waals surface area contributed by atoms with Crippen molar-refractivity contribution in [1.29, 1.82) is 0 Å². The fraction of sp³-hybridized carbons (Fsp3) is 0.462. The number of hydrogen-bond donors (Lipinski definition) is 2. The molecule has 0 saturated carbocycles. The average Bonchev–Trinajstić information content (AvgIpc) is 2.14. The normalized spacial score (nSPS) is 11.2. The summed E-state index contributed by atoms with van der Waals surface area (Å²) in [7, 11) is 0. The van der Waals surface area contributed by atoms with Gasteiger partial charge in [0.15, 0.2) is 0 Å². The number of benzene rings is 1. The molecule has 16 heavy (non-hydrogen) atoms. The van der Waals surface area contributed by atoms with E-state index >= 15 is 0 Å². The number of carbonyl (C=O) groups excluding carboxylic acids is 1. The summed E-state index contributed by atoms with van der Waals surface area (Å²) in [6.07, 6.45) is 1.91. The summed E-state index contributed by atoms with van der Waals surface area (Å²) >= 11 is 0. The molecule has 88 valence electrons. The minimum atomic E-state index is -0.129. The van der Waals surface area contributed by atoms with Gasteiger partial charge in [-0.2, -0.15) is 0 Å². The molecule has 0 heterocycles. The van der Waals surface area contributed by atoms with Crippen LogP contribution in [0.4, 0.5) is 5.69 Å². The van der Waals surface area contributed by atoms with Crippen LogP contribution < -0.4 is 11.1 Å². The largest absolute Gasteiger partial charge is 0.326 e.